The quantitative estimate of drug-likeness (QED) is 0.868. The zero-order valence-electron chi connectivity index (χ0n) is 12.3. The van der Waals surface area contributed by atoms with Crippen LogP contribution in [-0.4, -0.2) is 35.3 Å². The lowest BCUT2D eigenvalue weighted by molar-refractivity contribution is -0.150. The molecular formula is C15H18ClNO5. The highest BCUT2D eigenvalue weighted by atomic mass is 35.5. The molecule has 1 saturated heterocycles. The normalized spacial score (nSPS) is 20.9. The predicted molar refractivity (Wildman–Crippen MR) is 81.4 cm³/mol. The highest BCUT2D eigenvalue weighted by molar-refractivity contribution is 6.32. The van der Waals surface area contributed by atoms with E-state index in [0.29, 0.717) is 29.3 Å². The van der Waals surface area contributed by atoms with Gasteiger partial charge in [-0.05, 0) is 38.8 Å². The van der Waals surface area contributed by atoms with E-state index in [0.717, 1.165) is 0 Å². The van der Waals surface area contributed by atoms with Crippen molar-refractivity contribution in [1.29, 1.82) is 0 Å². The molecule has 1 aromatic rings. The second kappa shape index (κ2) is 6.98. The van der Waals surface area contributed by atoms with Crippen LogP contribution in [0.2, 0.25) is 5.02 Å². The van der Waals surface area contributed by atoms with E-state index >= 15 is 0 Å². The van der Waals surface area contributed by atoms with Crippen molar-refractivity contribution in [3.05, 3.63) is 23.2 Å². The van der Waals surface area contributed by atoms with E-state index in [1.807, 2.05) is 13.8 Å². The van der Waals surface area contributed by atoms with Gasteiger partial charge in [0.1, 0.15) is 6.10 Å². The maximum atomic E-state index is 12.2. The van der Waals surface area contributed by atoms with Crippen LogP contribution < -0.4 is 10.1 Å². The molecule has 1 aromatic carbocycles. The number of amides is 1. The number of benzene rings is 1. The standard InChI is InChI=1S/C15H18ClNO5/c1-8(2)21-13-9(16)4-3-5-10(13)17-14(18)11-6-7-12(22-11)15(19)20/h3-5,8,11-12H,6-7H2,1-2H3,(H,17,18)(H,19,20)/t11-,12+/m0/s1. The second-order valence-electron chi connectivity index (χ2n) is 5.30. The SMILES string of the molecule is CC(C)Oc1c(Cl)cccc1NC(=O)[C@@H]1CC[C@H](C(=O)O)O1. The summed E-state index contributed by atoms with van der Waals surface area (Å²) < 4.78 is 10.8. The van der Waals surface area contributed by atoms with Gasteiger partial charge in [0.25, 0.3) is 5.91 Å². The van der Waals surface area contributed by atoms with Crippen molar-refractivity contribution in [2.24, 2.45) is 0 Å². The topological polar surface area (TPSA) is 84.9 Å². The smallest absolute Gasteiger partial charge is 0.332 e. The van der Waals surface area contributed by atoms with Gasteiger partial charge in [-0.2, -0.15) is 0 Å². The van der Waals surface area contributed by atoms with E-state index in [-0.39, 0.29) is 6.10 Å². The first-order chi connectivity index (χ1) is 10.4. The van der Waals surface area contributed by atoms with Crippen LogP contribution in [0.25, 0.3) is 0 Å². The summed E-state index contributed by atoms with van der Waals surface area (Å²) in [6.45, 7) is 3.71. The summed E-state index contributed by atoms with van der Waals surface area (Å²) in [4.78, 5) is 23.1. The number of rotatable bonds is 5. The molecule has 1 aliphatic heterocycles. The van der Waals surface area contributed by atoms with Crippen molar-refractivity contribution >= 4 is 29.2 Å². The number of hydrogen-bond acceptors (Lipinski definition) is 4. The number of carbonyl (C=O) groups is 2. The van der Waals surface area contributed by atoms with Crippen molar-refractivity contribution in [1.82, 2.24) is 0 Å². The number of carboxylic acids is 1. The summed E-state index contributed by atoms with van der Waals surface area (Å²) in [6.07, 6.45) is -1.13. The molecule has 1 amide bonds. The van der Waals surface area contributed by atoms with Gasteiger partial charge >= 0.3 is 5.97 Å². The molecule has 7 heteroatoms. The Balaban J connectivity index is 2.09. The van der Waals surface area contributed by atoms with Crippen LogP contribution >= 0.6 is 11.6 Å². The molecule has 1 aliphatic rings. The Hall–Kier alpha value is -1.79. The Morgan fingerprint density at radius 1 is 1.36 bits per heavy atom. The molecule has 0 spiro atoms. The number of halogens is 1. The molecule has 0 aliphatic carbocycles. The molecule has 0 unspecified atom stereocenters. The summed E-state index contributed by atoms with van der Waals surface area (Å²) in [6, 6.07) is 5.03. The lowest BCUT2D eigenvalue weighted by atomic mass is 10.2. The Morgan fingerprint density at radius 2 is 2.05 bits per heavy atom. The number of aliphatic carboxylic acids is 1. The van der Waals surface area contributed by atoms with Crippen molar-refractivity contribution < 1.29 is 24.2 Å². The van der Waals surface area contributed by atoms with E-state index in [1.54, 1.807) is 18.2 Å². The van der Waals surface area contributed by atoms with Gasteiger partial charge < -0.3 is 19.9 Å². The van der Waals surface area contributed by atoms with Crippen LogP contribution in [0, 0.1) is 0 Å². The maximum absolute atomic E-state index is 12.2. The Morgan fingerprint density at radius 3 is 2.64 bits per heavy atom. The minimum absolute atomic E-state index is 0.102. The number of nitrogens with one attached hydrogen (secondary N) is 1. The molecular weight excluding hydrogens is 310 g/mol. The van der Waals surface area contributed by atoms with Gasteiger partial charge in [-0.3, -0.25) is 4.79 Å². The minimum atomic E-state index is -1.05. The Labute approximate surface area is 133 Å². The maximum Gasteiger partial charge on any atom is 0.332 e. The van der Waals surface area contributed by atoms with Gasteiger partial charge in [-0.1, -0.05) is 17.7 Å². The third-order valence-electron chi connectivity index (χ3n) is 3.17. The van der Waals surface area contributed by atoms with Crippen molar-refractivity contribution in [3.8, 4) is 5.75 Å². The molecule has 0 saturated carbocycles. The Bertz CT molecular complexity index is 575. The number of ether oxygens (including phenoxy) is 2. The average Bonchev–Trinajstić information content (AvgIpc) is 2.92. The largest absolute Gasteiger partial charge is 0.487 e. The molecule has 1 heterocycles. The van der Waals surface area contributed by atoms with E-state index in [9.17, 15) is 9.59 Å². The zero-order chi connectivity index (χ0) is 16.3. The fourth-order valence-electron chi connectivity index (χ4n) is 2.19. The van der Waals surface area contributed by atoms with Crippen molar-refractivity contribution in [3.63, 3.8) is 0 Å². The highest BCUT2D eigenvalue weighted by Crippen LogP contribution is 2.34. The number of anilines is 1. The predicted octanol–water partition coefficient (Wildman–Crippen LogP) is 2.70. The van der Waals surface area contributed by atoms with E-state index in [2.05, 4.69) is 5.32 Å². The van der Waals surface area contributed by atoms with Gasteiger partial charge in [-0.25, -0.2) is 4.79 Å². The minimum Gasteiger partial charge on any atom is -0.487 e. The number of hydrogen-bond donors (Lipinski definition) is 2. The molecule has 6 nitrogen and oxygen atoms in total. The second-order valence-corrected chi connectivity index (χ2v) is 5.71. The van der Waals surface area contributed by atoms with Gasteiger partial charge in [0.05, 0.1) is 16.8 Å². The van der Waals surface area contributed by atoms with Gasteiger partial charge in [0, 0.05) is 0 Å². The number of para-hydroxylation sites is 1. The third-order valence-corrected chi connectivity index (χ3v) is 3.46. The van der Waals surface area contributed by atoms with Gasteiger partial charge in [0.15, 0.2) is 11.9 Å². The first-order valence-corrected chi connectivity index (χ1v) is 7.40. The fraction of sp³-hybridized carbons (Fsp3) is 0.467. The van der Waals surface area contributed by atoms with Crippen LogP contribution in [-0.2, 0) is 14.3 Å². The molecule has 0 aromatic heterocycles. The summed E-state index contributed by atoms with van der Waals surface area (Å²) in [7, 11) is 0. The molecule has 2 N–H and O–H groups in total. The molecule has 0 radical (unpaired) electrons. The lowest BCUT2D eigenvalue weighted by Gasteiger charge is -2.17. The number of carbonyl (C=O) groups excluding carboxylic acids is 1. The lowest BCUT2D eigenvalue weighted by Crippen LogP contribution is -2.30. The van der Waals surface area contributed by atoms with E-state index in [1.165, 1.54) is 0 Å². The molecule has 120 valence electrons. The molecule has 22 heavy (non-hydrogen) atoms. The van der Waals surface area contributed by atoms with Crippen molar-refractivity contribution in [2.45, 2.75) is 45.0 Å². The first kappa shape index (κ1) is 16.6. The molecule has 2 atom stereocenters. The van der Waals surface area contributed by atoms with Crippen LogP contribution in [0.4, 0.5) is 5.69 Å². The fourth-order valence-corrected chi connectivity index (χ4v) is 2.41. The summed E-state index contributed by atoms with van der Waals surface area (Å²) >= 11 is 6.10. The first-order valence-electron chi connectivity index (χ1n) is 7.02. The van der Waals surface area contributed by atoms with Crippen LogP contribution in [0.3, 0.4) is 0 Å². The van der Waals surface area contributed by atoms with Crippen LogP contribution in [0.15, 0.2) is 18.2 Å². The van der Waals surface area contributed by atoms with E-state index < -0.39 is 24.1 Å². The summed E-state index contributed by atoms with van der Waals surface area (Å²) in [5, 5.41) is 12.0. The Kier molecular flexibility index (Phi) is 5.26. The summed E-state index contributed by atoms with van der Waals surface area (Å²) in [5.41, 5.74) is 0.438. The van der Waals surface area contributed by atoms with Gasteiger partial charge in [-0.15, -0.1) is 0 Å². The van der Waals surface area contributed by atoms with Crippen LogP contribution in [0.1, 0.15) is 26.7 Å². The van der Waals surface area contributed by atoms with Gasteiger partial charge in [0.2, 0.25) is 0 Å². The monoisotopic (exact) mass is 327 g/mol. The summed E-state index contributed by atoms with van der Waals surface area (Å²) in [5.74, 6) is -1.07. The average molecular weight is 328 g/mol. The van der Waals surface area contributed by atoms with Crippen LogP contribution in [0.5, 0.6) is 5.75 Å². The highest BCUT2D eigenvalue weighted by Gasteiger charge is 2.35. The molecule has 2 rings (SSSR count). The zero-order valence-corrected chi connectivity index (χ0v) is 13.1. The molecule has 1 fully saturated rings. The molecule has 0 bridgehead atoms. The number of carboxylic acid groups (broad SMARTS) is 1. The third kappa shape index (κ3) is 3.90. The van der Waals surface area contributed by atoms with E-state index in [4.69, 9.17) is 26.2 Å². The van der Waals surface area contributed by atoms with Crippen molar-refractivity contribution in [2.75, 3.05) is 5.32 Å².